The molecule has 70 valence electrons. The summed E-state index contributed by atoms with van der Waals surface area (Å²) in [5.41, 5.74) is 5.72. The largest absolute Gasteiger partial charge is 0.475 e. The average molecular weight is 183 g/mol. The summed E-state index contributed by atoms with van der Waals surface area (Å²) in [4.78, 5) is 14.1. The number of nitrogens with two attached hydrogens (primary N) is 1. The predicted octanol–water partition coefficient (Wildman–Crippen LogP) is 0.178. The number of carboxylic acids is 1. The van der Waals surface area contributed by atoms with Crippen molar-refractivity contribution in [1.29, 1.82) is 0 Å². The van der Waals surface area contributed by atoms with Gasteiger partial charge in [0.2, 0.25) is 5.89 Å². The third kappa shape index (κ3) is 1.52. The van der Waals surface area contributed by atoms with Crippen molar-refractivity contribution >= 4 is 5.97 Å². The van der Waals surface area contributed by atoms with Crippen molar-refractivity contribution in [3.8, 4) is 0 Å². The van der Waals surface area contributed by atoms with Gasteiger partial charge >= 0.3 is 5.97 Å². The van der Waals surface area contributed by atoms with Gasteiger partial charge in [0.15, 0.2) is 0 Å². The second kappa shape index (κ2) is 2.81. The number of nitrogens with zero attached hydrogens (tertiary/aromatic N) is 2. The minimum absolute atomic E-state index is 0.222. The first-order valence-corrected chi connectivity index (χ1v) is 4.01. The molecule has 0 amide bonds. The molecule has 6 heteroatoms. The van der Waals surface area contributed by atoms with E-state index in [9.17, 15) is 4.79 Å². The molecule has 0 spiro atoms. The normalized spacial score (nSPS) is 18.5. The Morgan fingerprint density at radius 3 is 2.85 bits per heavy atom. The van der Waals surface area contributed by atoms with Crippen LogP contribution in [0.2, 0.25) is 0 Å². The second-order valence-corrected chi connectivity index (χ2v) is 3.12. The van der Waals surface area contributed by atoms with Gasteiger partial charge in [0, 0.05) is 0 Å². The molecule has 0 saturated heterocycles. The van der Waals surface area contributed by atoms with Gasteiger partial charge in [0.1, 0.15) is 0 Å². The van der Waals surface area contributed by atoms with Gasteiger partial charge < -0.3 is 15.4 Å². The lowest BCUT2D eigenvalue weighted by Crippen LogP contribution is -2.13. The van der Waals surface area contributed by atoms with Gasteiger partial charge in [-0.2, -0.15) is 4.98 Å². The second-order valence-electron chi connectivity index (χ2n) is 3.12. The highest BCUT2D eigenvalue weighted by atomic mass is 16.5. The van der Waals surface area contributed by atoms with Crippen LogP contribution in [0.4, 0.5) is 0 Å². The van der Waals surface area contributed by atoms with Gasteiger partial charge in [-0.05, 0) is 23.9 Å². The number of aromatic carboxylic acids is 1. The smallest absolute Gasteiger partial charge is 0.377 e. The maximum atomic E-state index is 10.4. The summed E-state index contributed by atoms with van der Waals surface area (Å²) in [7, 11) is 0. The van der Waals surface area contributed by atoms with Crippen molar-refractivity contribution in [1.82, 2.24) is 10.1 Å². The van der Waals surface area contributed by atoms with Crippen molar-refractivity contribution < 1.29 is 14.4 Å². The van der Waals surface area contributed by atoms with Gasteiger partial charge in [0.25, 0.3) is 5.82 Å². The highest BCUT2D eigenvalue weighted by Gasteiger charge is 2.33. The summed E-state index contributed by atoms with van der Waals surface area (Å²) in [6, 6.07) is -0.305. The maximum Gasteiger partial charge on any atom is 0.377 e. The number of rotatable bonds is 3. The van der Waals surface area contributed by atoms with E-state index in [-0.39, 0.29) is 17.8 Å². The van der Waals surface area contributed by atoms with Crippen molar-refractivity contribution in [3.63, 3.8) is 0 Å². The van der Waals surface area contributed by atoms with Crippen LogP contribution in [0, 0.1) is 5.92 Å². The van der Waals surface area contributed by atoms with E-state index in [1.54, 1.807) is 0 Å². The van der Waals surface area contributed by atoms with Crippen LogP contribution in [0.15, 0.2) is 4.52 Å². The van der Waals surface area contributed by atoms with Crippen LogP contribution in [0.25, 0.3) is 0 Å². The minimum Gasteiger partial charge on any atom is -0.475 e. The predicted molar refractivity (Wildman–Crippen MR) is 40.9 cm³/mol. The number of hydrogen-bond acceptors (Lipinski definition) is 5. The van der Waals surface area contributed by atoms with Gasteiger partial charge in [-0.3, -0.25) is 0 Å². The van der Waals surface area contributed by atoms with Crippen LogP contribution in [-0.4, -0.2) is 21.2 Å². The fraction of sp³-hybridized carbons (Fsp3) is 0.571. The van der Waals surface area contributed by atoms with Crippen LogP contribution < -0.4 is 5.73 Å². The summed E-state index contributed by atoms with van der Waals surface area (Å²) < 4.78 is 4.72. The molecule has 3 N–H and O–H groups in total. The monoisotopic (exact) mass is 183 g/mol. The molecule has 13 heavy (non-hydrogen) atoms. The van der Waals surface area contributed by atoms with E-state index >= 15 is 0 Å². The molecule has 1 aliphatic carbocycles. The molecular formula is C7H9N3O3. The maximum absolute atomic E-state index is 10.4. The Morgan fingerprint density at radius 2 is 2.38 bits per heavy atom. The highest BCUT2D eigenvalue weighted by Crippen LogP contribution is 2.38. The zero-order valence-electron chi connectivity index (χ0n) is 6.80. The lowest BCUT2D eigenvalue weighted by molar-refractivity contribution is 0.0680. The summed E-state index contributed by atoms with van der Waals surface area (Å²) in [6.45, 7) is 0. The number of carboxylic acid groups (broad SMARTS) is 1. The van der Waals surface area contributed by atoms with Crippen LogP contribution in [-0.2, 0) is 0 Å². The van der Waals surface area contributed by atoms with E-state index in [1.165, 1.54) is 0 Å². The Bertz CT molecular complexity index is 331. The first-order valence-electron chi connectivity index (χ1n) is 4.01. The van der Waals surface area contributed by atoms with E-state index < -0.39 is 5.97 Å². The fourth-order valence-corrected chi connectivity index (χ4v) is 1.11. The van der Waals surface area contributed by atoms with E-state index in [0.717, 1.165) is 12.8 Å². The Labute approximate surface area is 73.7 Å². The third-order valence-electron chi connectivity index (χ3n) is 2.05. The topological polar surface area (TPSA) is 102 Å². The van der Waals surface area contributed by atoms with Gasteiger partial charge in [-0.25, -0.2) is 4.79 Å². The zero-order valence-corrected chi connectivity index (χ0v) is 6.80. The molecule has 1 fully saturated rings. The quantitative estimate of drug-likeness (QED) is 0.692. The molecule has 1 unspecified atom stereocenters. The number of aromatic nitrogens is 2. The summed E-state index contributed by atoms with van der Waals surface area (Å²) in [5.74, 6) is -0.925. The molecule has 1 aliphatic rings. The van der Waals surface area contributed by atoms with Crippen LogP contribution >= 0.6 is 0 Å². The molecule has 0 radical (unpaired) electrons. The molecule has 0 aliphatic heterocycles. The summed E-state index contributed by atoms with van der Waals surface area (Å²) in [6.07, 6.45) is 2.10. The Balaban J connectivity index is 2.16. The van der Waals surface area contributed by atoms with Gasteiger partial charge in [0.05, 0.1) is 6.04 Å². The van der Waals surface area contributed by atoms with Crippen LogP contribution in [0.5, 0.6) is 0 Å². The van der Waals surface area contributed by atoms with Crippen molar-refractivity contribution in [2.75, 3.05) is 0 Å². The summed E-state index contributed by atoms with van der Waals surface area (Å²) >= 11 is 0. The lowest BCUT2D eigenvalue weighted by atomic mass is 10.2. The Morgan fingerprint density at radius 1 is 1.69 bits per heavy atom. The van der Waals surface area contributed by atoms with E-state index in [1.807, 2.05) is 0 Å². The third-order valence-corrected chi connectivity index (χ3v) is 2.05. The molecule has 2 rings (SSSR count). The molecule has 1 aromatic rings. The van der Waals surface area contributed by atoms with Crippen molar-refractivity contribution in [2.45, 2.75) is 18.9 Å². The number of carbonyl (C=O) groups is 1. The first kappa shape index (κ1) is 8.18. The Hall–Kier alpha value is -1.43. The fourth-order valence-electron chi connectivity index (χ4n) is 1.11. The van der Waals surface area contributed by atoms with Gasteiger partial charge in [-0.15, -0.1) is 0 Å². The molecule has 0 bridgehead atoms. The molecule has 0 aromatic carbocycles. The van der Waals surface area contributed by atoms with Crippen molar-refractivity contribution in [2.24, 2.45) is 11.7 Å². The molecule has 1 saturated carbocycles. The van der Waals surface area contributed by atoms with E-state index in [0.29, 0.717) is 5.92 Å². The first-order chi connectivity index (χ1) is 6.18. The van der Waals surface area contributed by atoms with Gasteiger partial charge in [-0.1, -0.05) is 0 Å². The molecule has 1 atom stereocenters. The zero-order chi connectivity index (χ0) is 9.42. The highest BCUT2D eigenvalue weighted by molar-refractivity contribution is 5.82. The summed E-state index contributed by atoms with van der Waals surface area (Å²) in [5, 5.41) is 11.8. The van der Waals surface area contributed by atoms with E-state index in [2.05, 4.69) is 10.1 Å². The molecular weight excluding hydrogens is 174 g/mol. The van der Waals surface area contributed by atoms with Crippen LogP contribution in [0.3, 0.4) is 0 Å². The minimum atomic E-state index is -1.20. The van der Waals surface area contributed by atoms with Crippen molar-refractivity contribution in [3.05, 3.63) is 11.7 Å². The Kier molecular flexibility index (Phi) is 1.77. The molecule has 1 aromatic heterocycles. The standard InChI is InChI=1S/C7H9N3O3/c8-4(3-1-2-3)6-9-5(7(11)12)10-13-6/h3-4H,1-2,8H2,(H,11,12). The number of hydrogen-bond donors (Lipinski definition) is 2. The average Bonchev–Trinajstić information content (AvgIpc) is 2.81. The SMILES string of the molecule is NC(c1nc(C(=O)O)no1)C1CC1. The molecule has 1 heterocycles. The lowest BCUT2D eigenvalue weighted by Gasteiger charge is -2.01. The van der Waals surface area contributed by atoms with Crippen LogP contribution in [0.1, 0.15) is 35.4 Å². The molecule has 6 nitrogen and oxygen atoms in total. The van der Waals surface area contributed by atoms with E-state index in [4.69, 9.17) is 15.4 Å².